The summed E-state index contributed by atoms with van der Waals surface area (Å²) in [5, 5.41) is 0. The predicted molar refractivity (Wildman–Crippen MR) is 105 cm³/mol. The Morgan fingerprint density at radius 3 is 1.13 bits per heavy atom. The standard InChI is InChI=1S/2C11H23.Cd/c2*1-4-6-8-10-11(3)9-7-5-2;/h2*11H,2,4-10H2,1,3H3;/q2*-1;+2. The molecule has 1 heteroatoms. The second-order valence-corrected chi connectivity index (χ2v) is 7.19. The van der Waals surface area contributed by atoms with E-state index in [0.717, 1.165) is 24.7 Å². The van der Waals surface area contributed by atoms with Crippen LogP contribution in [0.4, 0.5) is 0 Å². The van der Waals surface area contributed by atoms with E-state index >= 15 is 0 Å². The molecule has 0 saturated heterocycles. The van der Waals surface area contributed by atoms with Crippen molar-refractivity contribution in [1.82, 2.24) is 0 Å². The first kappa shape index (κ1) is 28.7. The summed E-state index contributed by atoms with van der Waals surface area (Å²) in [6.45, 7) is 17.0. The van der Waals surface area contributed by atoms with Gasteiger partial charge < -0.3 is 13.8 Å². The molecule has 0 aliphatic heterocycles. The zero-order valence-corrected chi connectivity index (χ0v) is 21.2. The molecule has 2 unspecified atom stereocenters. The zero-order chi connectivity index (χ0) is 17.1. The van der Waals surface area contributed by atoms with Crippen LogP contribution in [-0.4, -0.2) is 0 Å². The van der Waals surface area contributed by atoms with E-state index in [0.29, 0.717) is 0 Å². The maximum atomic E-state index is 3.85. The largest absolute Gasteiger partial charge is 2.00 e. The molecule has 0 radical (unpaired) electrons. The first-order valence-corrected chi connectivity index (χ1v) is 10.2. The van der Waals surface area contributed by atoms with E-state index < -0.39 is 0 Å². The van der Waals surface area contributed by atoms with Crippen molar-refractivity contribution >= 4 is 0 Å². The summed E-state index contributed by atoms with van der Waals surface area (Å²) in [6.07, 6.45) is 18.8. The molecule has 0 aliphatic rings. The molecule has 136 valence electrons. The summed E-state index contributed by atoms with van der Waals surface area (Å²) in [5.41, 5.74) is 0. The minimum Gasteiger partial charge on any atom is -0.343 e. The van der Waals surface area contributed by atoms with Gasteiger partial charge in [-0.15, -0.1) is 0 Å². The van der Waals surface area contributed by atoms with E-state index in [1.807, 2.05) is 0 Å². The van der Waals surface area contributed by atoms with Crippen LogP contribution in [0.5, 0.6) is 0 Å². The van der Waals surface area contributed by atoms with Crippen LogP contribution in [0.15, 0.2) is 0 Å². The monoisotopic (exact) mass is 424 g/mol. The molecule has 0 amide bonds. The van der Waals surface area contributed by atoms with E-state index in [1.54, 1.807) is 0 Å². The summed E-state index contributed by atoms with van der Waals surface area (Å²) < 4.78 is 0. The van der Waals surface area contributed by atoms with Gasteiger partial charge in [-0.2, -0.15) is 12.8 Å². The number of unbranched alkanes of at least 4 members (excludes halogenated alkanes) is 6. The molecule has 0 aliphatic carbocycles. The molecular formula is C22H46Cd. The molecule has 0 bridgehead atoms. The van der Waals surface area contributed by atoms with Crippen molar-refractivity contribution in [3.63, 3.8) is 0 Å². The molecule has 0 fully saturated rings. The maximum Gasteiger partial charge on any atom is 2.00 e. The van der Waals surface area contributed by atoms with Crippen LogP contribution < -0.4 is 0 Å². The number of hydrogen-bond donors (Lipinski definition) is 0. The minimum absolute atomic E-state index is 0. The van der Waals surface area contributed by atoms with Gasteiger partial charge in [0.15, 0.2) is 0 Å². The minimum atomic E-state index is 0. The summed E-state index contributed by atoms with van der Waals surface area (Å²) in [6, 6.07) is 0. The third-order valence-corrected chi connectivity index (χ3v) is 4.49. The van der Waals surface area contributed by atoms with E-state index in [4.69, 9.17) is 0 Å². The summed E-state index contributed by atoms with van der Waals surface area (Å²) in [5.74, 6) is 1.87. The Kier molecular flexibility index (Phi) is 31.4. The van der Waals surface area contributed by atoms with Crippen LogP contribution in [0.1, 0.15) is 118 Å². The van der Waals surface area contributed by atoms with Crippen molar-refractivity contribution in [3.8, 4) is 0 Å². The Hall–Kier alpha value is 0.922. The van der Waals surface area contributed by atoms with Gasteiger partial charge in [0.2, 0.25) is 0 Å². The molecule has 0 spiro atoms. The Bertz CT molecular complexity index is 159. The molecule has 0 aromatic rings. The van der Waals surface area contributed by atoms with E-state index in [-0.39, 0.29) is 27.3 Å². The Balaban J connectivity index is -0.000000333. The van der Waals surface area contributed by atoms with Gasteiger partial charge in [-0.05, 0) is 11.8 Å². The maximum absolute atomic E-state index is 3.85. The molecule has 23 heavy (non-hydrogen) atoms. The van der Waals surface area contributed by atoms with Gasteiger partial charge in [-0.1, -0.05) is 105 Å². The van der Waals surface area contributed by atoms with Crippen molar-refractivity contribution in [2.24, 2.45) is 11.8 Å². The van der Waals surface area contributed by atoms with Crippen LogP contribution in [0.2, 0.25) is 0 Å². The summed E-state index contributed by atoms with van der Waals surface area (Å²) in [4.78, 5) is 0. The summed E-state index contributed by atoms with van der Waals surface area (Å²) >= 11 is 0. The fourth-order valence-corrected chi connectivity index (χ4v) is 2.76. The van der Waals surface area contributed by atoms with Crippen molar-refractivity contribution in [2.75, 3.05) is 0 Å². The van der Waals surface area contributed by atoms with Gasteiger partial charge in [0, 0.05) is 0 Å². The van der Waals surface area contributed by atoms with Crippen molar-refractivity contribution < 1.29 is 27.3 Å². The second-order valence-electron chi connectivity index (χ2n) is 7.19. The Morgan fingerprint density at radius 2 is 0.870 bits per heavy atom. The van der Waals surface area contributed by atoms with Gasteiger partial charge in [0.1, 0.15) is 0 Å². The van der Waals surface area contributed by atoms with Gasteiger partial charge in [-0.25, -0.2) is 0 Å². The number of rotatable bonds is 14. The topological polar surface area (TPSA) is 0 Å². The molecular weight excluding hydrogens is 377 g/mol. The van der Waals surface area contributed by atoms with Crippen LogP contribution in [0, 0.1) is 25.7 Å². The average Bonchev–Trinajstić information content (AvgIpc) is 2.52. The van der Waals surface area contributed by atoms with Gasteiger partial charge >= 0.3 is 27.3 Å². The quantitative estimate of drug-likeness (QED) is 0.150. The zero-order valence-electron chi connectivity index (χ0n) is 17.2. The SMILES string of the molecule is [CH2-]CCCC(C)CCCCC.[CH2-]CCCC(C)CCCCC.[Cd+2]. The fraction of sp³-hybridized carbons (Fsp3) is 0.909. The first-order valence-electron chi connectivity index (χ1n) is 10.2. The van der Waals surface area contributed by atoms with Gasteiger partial charge in [-0.3, -0.25) is 0 Å². The molecule has 0 heterocycles. The van der Waals surface area contributed by atoms with Crippen molar-refractivity contribution in [2.45, 2.75) is 118 Å². The average molecular weight is 423 g/mol. The van der Waals surface area contributed by atoms with Crippen LogP contribution in [0.25, 0.3) is 0 Å². The molecule has 0 rings (SSSR count). The smallest absolute Gasteiger partial charge is 0.343 e. The van der Waals surface area contributed by atoms with E-state index in [2.05, 4.69) is 41.5 Å². The second kappa shape index (κ2) is 25.2. The summed E-state index contributed by atoms with van der Waals surface area (Å²) in [7, 11) is 0. The normalized spacial score (nSPS) is 12.8. The van der Waals surface area contributed by atoms with Crippen molar-refractivity contribution in [3.05, 3.63) is 13.8 Å². The molecule has 0 saturated carbocycles. The molecule has 0 aromatic carbocycles. The Morgan fingerprint density at radius 1 is 0.565 bits per heavy atom. The predicted octanol–water partition coefficient (Wildman–Crippen LogP) is 8.41. The molecule has 0 aromatic heterocycles. The molecule has 2 atom stereocenters. The third kappa shape index (κ3) is 28.0. The Labute approximate surface area is 170 Å². The molecule has 0 N–H and O–H groups in total. The number of hydrogen-bond acceptors (Lipinski definition) is 0. The van der Waals surface area contributed by atoms with Crippen LogP contribution in [-0.2, 0) is 27.3 Å². The van der Waals surface area contributed by atoms with E-state index in [9.17, 15) is 0 Å². The van der Waals surface area contributed by atoms with Gasteiger partial charge in [0.05, 0.1) is 0 Å². The third-order valence-electron chi connectivity index (χ3n) is 4.49. The molecule has 0 nitrogen and oxygen atoms in total. The first-order chi connectivity index (χ1) is 10.6. The van der Waals surface area contributed by atoms with Gasteiger partial charge in [0.25, 0.3) is 0 Å². The van der Waals surface area contributed by atoms with Crippen molar-refractivity contribution in [1.29, 1.82) is 0 Å². The fourth-order valence-electron chi connectivity index (χ4n) is 2.76. The van der Waals surface area contributed by atoms with Crippen LogP contribution >= 0.6 is 0 Å². The van der Waals surface area contributed by atoms with Crippen LogP contribution in [0.3, 0.4) is 0 Å². The van der Waals surface area contributed by atoms with E-state index in [1.165, 1.54) is 77.0 Å².